The summed E-state index contributed by atoms with van der Waals surface area (Å²) in [4.78, 5) is 21.8. The molecule has 80 valence electrons. The van der Waals surface area contributed by atoms with E-state index in [4.69, 9.17) is 4.74 Å². The summed E-state index contributed by atoms with van der Waals surface area (Å²) in [6, 6.07) is 0. The van der Waals surface area contributed by atoms with Crippen LogP contribution in [0.15, 0.2) is 11.8 Å². The van der Waals surface area contributed by atoms with Crippen molar-refractivity contribution in [3.05, 3.63) is 11.8 Å². The molecule has 0 spiro atoms. The number of esters is 1. The van der Waals surface area contributed by atoms with Crippen molar-refractivity contribution in [2.75, 3.05) is 6.61 Å². The van der Waals surface area contributed by atoms with Gasteiger partial charge in [-0.25, -0.2) is 4.79 Å². The second-order valence-electron chi connectivity index (χ2n) is 2.85. The molecule has 0 atom stereocenters. The molecule has 1 N–H and O–H groups in total. The second kappa shape index (κ2) is 7.12. The summed E-state index contributed by atoms with van der Waals surface area (Å²) in [5, 5.41) is 2.59. The van der Waals surface area contributed by atoms with Gasteiger partial charge < -0.3 is 10.1 Å². The van der Waals surface area contributed by atoms with Gasteiger partial charge in [0.1, 0.15) is 0 Å². The molecule has 1 amide bonds. The molecule has 0 aromatic rings. The molecule has 4 heteroatoms. The van der Waals surface area contributed by atoms with E-state index >= 15 is 0 Å². The molecule has 0 saturated carbocycles. The van der Waals surface area contributed by atoms with Crippen LogP contribution in [-0.2, 0) is 14.3 Å². The highest BCUT2D eigenvalue weighted by molar-refractivity contribution is 5.84. The summed E-state index contributed by atoms with van der Waals surface area (Å²) in [5.41, 5.74) is 0.610. The van der Waals surface area contributed by atoms with Gasteiger partial charge in [0.15, 0.2) is 0 Å². The normalized spacial score (nSPS) is 10.9. The number of allylic oxidation sites excluding steroid dienone is 1. The van der Waals surface area contributed by atoms with Crippen molar-refractivity contribution < 1.29 is 14.3 Å². The van der Waals surface area contributed by atoms with Gasteiger partial charge in [0.2, 0.25) is 5.91 Å². The number of carbonyl (C=O) groups excluding carboxylic acids is 2. The minimum absolute atomic E-state index is 0.172. The molecule has 0 aliphatic rings. The van der Waals surface area contributed by atoms with Crippen LogP contribution in [0.25, 0.3) is 0 Å². The fourth-order valence-electron chi connectivity index (χ4n) is 0.992. The van der Waals surface area contributed by atoms with Gasteiger partial charge >= 0.3 is 5.97 Å². The highest BCUT2D eigenvalue weighted by atomic mass is 16.5. The third-order valence-electron chi connectivity index (χ3n) is 1.43. The Morgan fingerprint density at radius 1 is 1.36 bits per heavy atom. The minimum Gasteiger partial charge on any atom is -0.463 e. The molecule has 0 aliphatic heterocycles. The molecule has 0 aliphatic carbocycles. The van der Waals surface area contributed by atoms with E-state index in [1.54, 1.807) is 6.92 Å². The predicted octanol–water partition coefficient (Wildman–Crippen LogP) is 1.37. The zero-order valence-corrected chi connectivity index (χ0v) is 8.92. The van der Waals surface area contributed by atoms with Crippen molar-refractivity contribution >= 4 is 11.9 Å². The molecule has 4 nitrogen and oxygen atoms in total. The molecule has 14 heavy (non-hydrogen) atoms. The highest BCUT2D eigenvalue weighted by Gasteiger charge is 2.03. The molecule has 0 rings (SSSR count). The van der Waals surface area contributed by atoms with Crippen LogP contribution < -0.4 is 5.32 Å². The quantitative estimate of drug-likeness (QED) is 0.537. The van der Waals surface area contributed by atoms with Gasteiger partial charge in [-0.3, -0.25) is 4.79 Å². The maximum absolute atomic E-state index is 11.1. The topological polar surface area (TPSA) is 55.4 Å². The molecular weight excluding hydrogens is 182 g/mol. The molecule has 0 fully saturated rings. The maximum Gasteiger partial charge on any atom is 0.332 e. The van der Waals surface area contributed by atoms with Crippen molar-refractivity contribution in [2.45, 2.75) is 33.6 Å². The van der Waals surface area contributed by atoms with Crippen LogP contribution in [-0.4, -0.2) is 18.5 Å². The van der Waals surface area contributed by atoms with Crippen LogP contribution in [0, 0.1) is 0 Å². The average Bonchev–Trinajstić information content (AvgIpc) is 2.03. The van der Waals surface area contributed by atoms with E-state index in [-0.39, 0.29) is 5.91 Å². The van der Waals surface area contributed by atoms with Crippen molar-refractivity contribution in [3.63, 3.8) is 0 Å². The number of hydrogen-bond acceptors (Lipinski definition) is 3. The van der Waals surface area contributed by atoms with Gasteiger partial charge in [-0.1, -0.05) is 13.3 Å². The first-order chi connectivity index (χ1) is 6.60. The number of ether oxygens (including phenoxy) is 1. The van der Waals surface area contributed by atoms with Crippen molar-refractivity contribution in [2.24, 2.45) is 0 Å². The molecule has 0 aromatic heterocycles. The zero-order valence-electron chi connectivity index (χ0n) is 8.92. The number of nitrogens with one attached hydrogen (secondary N) is 1. The van der Waals surface area contributed by atoms with E-state index < -0.39 is 5.97 Å². The molecule has 0 radical (unpaired) electrons. The first kappa shape index (κ1) is 12.7. The van der Waals surface area contributed by atoms with Crippen LogP contribution in [0.2, 0.25) is 0 Å². The lowest BCUT2D eigenvalue weighted by Crippen LogP contribution is -2.20. The molecular formula is C10H17NO3. The third-order valence-corrected chi connectivity index (χ3v) is 1.43. The van der Waals surface area contributed by atoms with Crippen LogP contribution in [0.1, 0.15) is 33.6 Å². The smallest absolute Gasteiger partial charge is 0.332 e. The fourth-order valence-corrected chi connectivity index (χ4v) is 0.992. The number of hydrogen-bond donors (Lipinski definition) is 1. The standard InChI is InChI=1S/C10H17NO3/c1-4-6-9(11-8(3)12)7-10(13)14-5-2/h7H,4-6H2,1-3H3,(H,11,12)/b9-7-. The Hall–Kier alpha value is -1.32. The number of carbonyl (C=O) groups is 2. The second-order valence-corrected chi connectivity index (χ2v) is 2.85. The van der Waals surface area contributed by atoms with Gasteiger partial charge in [0.05, 0.1) is 6.61 Å². The lowest BCUT2D eigenvalue weighted by molar-refractivity contribution is -0.137. The summed E-state index contributed by atoms with van der Waals surface area (Å²) >= 11 is 0. The van der Waals surface area contributed by atoms with Crippen molar-refractivity contribution in [1.82, 2.24) is 5.32 Å². The van der Waals surface area contributed by atoms with E-state index in [0.29, 0.717) is 18.7 Å². The fraction of sp³-hybridized carbons (Fsp3) is 0.600. The molecule has 0 aromatic carbocycles. The summed E-state index contributed by atoms with van der Waals surface area (Å²) in [7, 11) is 0. The van der Waals surface area contributed by atoms with E-state index in [1.807, 2.05) is 6.92 Å². The van der Waals surface area contributed by atoms with Gasteiger partial charge in [-0.15, -0.1) is 0 Å². The van der Waals surface area contributed by atoms with Crippen LogP contribution in [0.5, 0.6) is 0 Å². The SMILES string of the molecule is CCC/C(=C/C(=O)OCC)NC(C)=O. The van der Waals surface area contributed by atoms with E-state index in [2.05, 4.69) is 5.32 Å². The Morgan fingerprint density at radius 2 is 2.00 bits per heavy atom. The maximum atomic E-state index is 11.1. The van der Waals surface area contributed by atoms with Crippen LogP contribution in [0.4, 0.5) is 0 Å². The Kier molecular flexibility index (Phi) is 6.45. The Morgan fingerprint density at radius 3 is 2.43 bits per heavy atom. The molecule has 0 saturated heterocycles. The Bertz CT molecular complexity index is 234. The van der Waals surface area contributed by atoms with Gasteiger partial charge in [0, 0.05) is 18.7 Å². The first-order valence-corrected chi connectivity index (χ1v) is 4.75. The van der Waals surface area contributed by atoms with Gasteiger partial charge in [-0.05, 0) is 13.3 Å². The average molecular weight is 199 g/mol. The Labute approximate surface area is 84.3 Å². The first-order valence-electron chi connectivity index (χ1n) is 4.75. The summed E-state index contributed by atoms with van der Waals surface area (Å²) in [5.74, 6) is -0.585. The largest absolute Gasteiger partial charge is 0.463 e. The van der Waals surface area contributed by atoms with Gasteiger partial charge in [0.25, 0.3) is 0 Å². The molecule has 0 bridgehead atoms. The van der Waals surface area contributed by atoms with Crippen molar-refractivity contribution in [1.29, 1.82) is 0 Å². The monoisotopic (exact) mass is 199 g/mol. The lowest BCUT2D eigenvalue weighted by Gasteiger charge is -2.06. The van der Waals surface area contributed by atoms with E-state index in [9.17, 15) is 9.59 Å². The molecule has 0 unspecified atom stereocenters. The van der Waals surface area contributed by atoms with Crippen LogP contribution in [0.3, 0.4) is 0 Å². The minimum atomic E-state index is -0.412. The molecule has 0 heterocycles. The number of rotatable bonds is 5. The van der Waals surface area contributed by atoms with Crippen LogP contribution >= 0.6 is 0 Å². The predicted molar refractivity (Wildman–Crippen MR) is 53.4 cm³/mol. The number of amides is 1. The summed E-state index contributed by atoms with van der Waals surface area (Å²) in [6.07, 6.45) is 2.86. The third kappa shape index (κ3) is 6.22. The van der Waals surface area contributed by atoms with E-state index in [1.165, 1.54) is 13.0 Å². The highest BCUT2D eigenvalue weighted by Crippen LogP contribution is 2.01. The lowest BCUT2D eigenvalue weighted by atomic mass is 10.2. The van der Waals surface area contributed by atoms with Crippen molar-refractivity contribution in [3.8, 4) is 0 Å². The summed E-state index contributed by atoms with van der Waals surface area (Å²) < 4.78 is 4.73. The van der Waals surface area contributed by atoms with Gasteiger partial charge in [-0.2, -0.15) is 0 Å². The Balaban J connectivity index is 4.30. The van der Waals surface area contributed by atoms with E-state index in [0.717, 1.165) is 6.42 Å². The summed E-state index contributed by atoms with van der Waals surface area (Å²) in [6.45, 7) is 5.47. The zero-order chi connectivity index (χ0) is 11.0.